The molecule has 0 heterocycles. The largest absolute Gasteiger partial charge is 0.481 e. The Bertz CT molecular complexity index is 1100. The number of hydrogen-bond acceptors (Lipinski definition) is 5. The second-order valence-electron chi connectivity index (χ2n) is 7.19. The van der Waals surface area contributed by atoms with E-state index in [9.17, 15) is 19.7 Å². The van der Waals surface area contributed by atoms with Gasteiger partial charge in [0.2, 0.25) is 0 Å². The van der Waals surface area contributed by atoms with Crippen LogP contribution in [0.15, 0.2) is 78.9 Å². The Morgan fingerprint density at radius 2 is 1.62 bits per heavy atom. The maximum absolute atomic E-state index is 13.0. The normalized spacial score (nSPS) is 11.3. The number of anilines is 1. The van der Waals surface area contributed by atoms with E-state index in [1.54, 1.807) is 43.1 Å². The van der Waals surface area contributed by atoms with Gasteiger partial charge in [0.05, 0.1) is 16.2 Å². The van der Waals surface area contributed by atoms with E-state index in [1.165, 1.54) is 24.3 Å². The van der Waals surface area contributed by atoms with Crippen LogP contribution in [-0.2, 0) is 11.3 Å². The predicted octanol–water partition coefficient (Wildman–Crippen LogP) is 4.27. The number of carbonyl (C=O) groups excluding carboxylic acids is 2. The van der Waals surface area contributed by atoms with Gasteiger partial charge < -0.3 is 15.0 Å². The first-order valence-electron chi connectivity index (χ1n) is 9.95. The molecule has 1 atom stereocenters. The second kappa shape index (κ2) is 10.2. The Morgan fingerprint density at radius 1 is 1.00 bits per heavy atom. The van der Waals surface area contributed by atoms with E-state index in [2.05, 4.69) is 5.32 Å². The zero-order valence-electron chi connectivity index (χ0n) is 17.7. The number of benzene rings is 3. The van der Waals surface area contributed by atoms with Crippen LogP contribution in [0.25, 0.3) is 0 Å². The summed E-state index contributed by atoms with van der Waals surface area (Å²) in [4.78, 5) is 37.5. The summed E-state index contributed by atoms with van der Waals surface area (Å²) < 4.78 is 5.58. The van der Waals surface area contributed by atoms with Crippen LogP contribution in [0.1, 0.15) is 22.8 Å². The Balaban J connectivity index is 1.67. The van der Waals surface area contributed by atoms with Crippen LogP contribution in [0, 0.1) is 10.1 Å². The van der Waals surface area contributed by atoms with Crippen molar-refractivity contribution in [1.29, 1.82) is 0 Å². The van der Waals surface area contributed by atoms with Gasteiger partial charge in [0, 0.05) is 25.7 Å². The second-order valence-corrected chi connectivity index (χ2v) is 7.19. The van der Waals surface area contributed by atoms with Crippen molar-refractivity contribution in [2.75, 3.05) is 12.4 Å². The Labute approximate surface area is 185 Å². The van der Waals surface area contributed by atoms with Crippen molar-refractivity contribution in [2.45, 2.75) is 19.6 Å². The predicted molar refractivity (Wildman–Crippen MR) is 120 cm³/mol. The molecule has 3 aromatic carbocycles. The molecule has 3 aromatic rings. The number of nitrogens with one attached hydrogen (secondary N) is 1. The molecule has 0 aliphatic carbocycles. The lowest BCUT2D eigenvalue weighted by atomic mass is 10.1. The smallest absolute Gasteiger partial charge is 0.269 e. The first-order valence-corrected chi connectivity index (χ1v) is 9.95. The fourth-order valence-electron chi connectivity index (χ4n) is 3.05. The summed E-state index contributed by atoms with van der Waals surface area (Å²) in [5, 5.41) is 13.5. The summed E-state index contributed by atoms with van der Waals surface area (Å²) in [7, 11) is 1.70. The lowest BCUT2D eigenvalue weighted by Crippen LogP contribution is -2.32. The monoisotopic (exact) mass is 433 g/mol. The van der Waals surface area contributed by atoms with E-state index < -0.39 is 16.9 Å². The summed E-state index contributed by atoms with van der Waals surface area (Å²) in [6.45, 7) is 1.99. The molecule has 0 saturated carbocycles. The Hall–Kier alpha value is -4.20. The molecule has 1 N–H and O–H groups in total. The van der Waals surface area contributed by atoms with Gasteiger partial charge in [-0.2, -0.15) is 0 Å². The third-order valence-corrected chi connectivity index (χ3v) is 4.75. The van der Waals surface area contributed by atoms with E-state index in [0.29, 0.717) is 23.5 Å². The van der Waals surface area contributed by atoms with Crippen molar-refractivity contribution < 1.29 is 19.2 Å². The van der Waals surface area contributed by atoms with Crippen LogP contribution in [0.3, 0.4) is 0 Å². The lowest BCUT2D eigenvalue weighted by Gasteiger charge is -2.20. The minimum atomic E-state index is -0.887. The average molecular weight is 433 g/mol. The van der Waals surface area contributed by atoms with Gasteiger partial charge in [0.25, 0.3) is 17.5 Å². The topological polar surface area (TPSA) is 102 Å². The summed E-state index contributed by atoms with van der Waals surface area (Å²) in [5.74, 6) is -0.354. The number of nitro benzene ring substituents is 1. The maximum Gasteiger partial charge on any atom is 0.269 e. The molecule has 0 aliphatic heterocycles. The van der Waals surface area contributed by atoms with Gasteiger partial charge in [-0.1, -0.05) is 42.5 Å². The van der Waals surface area contributed by atoms with Gasteiger partial charge in [-0.15, -0.1) is 0 Å². The fourth-order valence-corrected chi connectivity index (χ4v) is 3.05. The van der Waals surface area contributed by atoms with E-state index in [0.717, 1.165) is 5.56 Å². The van der Waals surface area contributed by atoms with Gasteiger partial charge >= 0.3 is 0 Å². The number of nitrogens with zero attached hydrogens (tertiary/aromatic N) is 2. The van der Waals surface area contributed by atoms with Gasteiger partial charge in [0.1, 0.15) is 5.75 Å². The highest BCUT2D eigenvalue weighted by molar-refractivity contribution is 6.04. The van der Waals surface area contributed by atoms with Crippen LogP contribution < -0.4 is 10.1 Å². The van der Waals surface area contributed by atoms with Crippen molar-refractivity contribution in [3.05, 3.63) is 100 Å². The fraction of sp³-hybridized carbons (Fsp3) is 0.167. The quantitative estimate of drug-likeness (QED) is 0.422. The molecule has 32 heavy (non-hydrogen) atoms. The Morgan fingerprint density at radius 3 is 2.28 bits per heavy atom. The van der Waals surface area contributed by atoms with E-state index in [-0.39, 0.29) is 11.6 Å². The van der Waals surface area contributed by atoms with Crippen molar-refractivity contribution in [1.82, 2.24) is 4.90 Å². The summed E-state index contributed by atoms with van der Waals surface area (Å²) >= 11 is 0. The van der Waals surface area contributed by atoms with Crippen molar-refractivity contribution in [3.63, 3.8) is 0 Å². The number of hydrogen-bond donors (Lipinski definition) is 1. The van der Waals surface area contributed by atoms with E-state index >= 15 is 0 Å². The standard InChI is InChI=1S/C24H23N3O5/c1-17(32-20-14-12-19(13-15-20)27(30)31)23(28)25-22-11-7-6-10-21(22)24(29)26(2)16-18-8-4-3-5-9-18/h3-15,17H,16H2,1-2H3,(H,25,28). The van der Waals surface area contributed by atoms with Crippen molar-refractivity contribution in [2.24, 2.45) is 0 Å². The molecule has 164 valence electrons. The molecular weight excluding hydrogens is 410 g/mol. The van der Waals surface area contributed by atoms with Crippen LogP contribution in [0.2, 0.25) is 0 Å². The highest BCUT2D eigenvalue weighted by Gasteiger charge is 2.20. The van der Waals surface area contributed by atoms with Crippen LogP contribution in [0.4, 0.5) is 11.4 Å². The van der Waals surface area contributed by atoms with Gasteiger partial charge in [-0.3, -0.25) is 19.7 Å². The highest BCUT2D eigenvalue weighted by Crippen LogP contribution is 2.21. The maximum atomic E-state index is 13.0. The summed E-state index contributed by atoms with van der Waals surface area (Å²) in [6, 6.07) is 21.8. The van der Waals surface area contributed by atoms with Gasteiger partial charge in [0.15, 0.2) is 6.10 Å². The highest BCUT2D eigenvalue weighted by atomic mass is 16.6. The summed E-state index contributed by atoms with van der Waals surface area (Å²) in [5.41, 5.74) is 1.67. The minimum absolute atomic E-state index is 0.0680. The van der Waals surface area contributed by atoms with E-state index in [1.807, 2.05) is 30.3 Å². The van der Waals surface area contributed by atoms with Crippen molar-refractivity contribution >= 4 is 23.2 Å². The number of non-ortho nitro benzene ring substituents is 1. The molecule has 3 rings (SSSR count). The Kier molecular flexibility index (Phi) is 7.17. The van der Waals surface area contributed by atoms with Crippen LogP contribution in [0.5, 0.6) is 5.75 Å². The molecule has 0 aromatic heterocycles. The minimum Gasteiger partial charge on any atom is -0.481 e. The third-order valence-electron chi connectivity index (χ3n) is 4.75. The number of para-hydroxylation sites is 1. The number of carbonyl (C=O) groups is 2. The van der Waals surface area contributed by atoms with Crippen LogP contribution >= 0.6 is 0 Å². The third kappa shape index (κ3) is 5.69. The molecular formula is C24H23N3O5. The number of nitro groups is 1. The first-order chi connectivity index (χ1) is 15.3. The number of rotatable bonds is 8. The lowest BCUT2D eigenvalue weighted by molar-refractivity contribution is -0.384. The zero-order valence-corrected chi connectivity index (χ0v) is 17.7. The number of amides is 2. The van der Waals surface area contributed by atoms with E-state index in [4.69, 9.17) is 4.74 Å². The average Bonchev–Trinajstić information content (AvgIpc) is 2.80. The molecule has 2 amide bonds. The zero-order chi connectivity index (χ0) is 23.1. The summed E-state index contributed by atoms with van der Waals surface area (Å²) in [6.07, 6.45) is -0.887. The van der Waals surface area contributed by atoms with Gasteiger partial charge in [-0.05, 0) is 36.8 Å². The number of ether oxygens (including phenoxy) is 1. The molecule has 0 fully saturated rings. The molecule has 0 saturated heterocycles. The molecule has 0 bridgehead atoms. The molecule has 0 aliphatic rings. The molecule has 0 radical (unpaired) electrons. The van der Waals surface area contributed by atoms with Gasteiger partial charge in [-0.25, -0.2) is 0 Å². The molecule has 8 nitrogen and oxygen atoms in total. The molecule has 1 unspecified atom stereocenters. The van der Waals surface area contributed by atoms with Crippen LogP contribution in [-0.4, -0.2) is 34.8 Å². The SMILES string of the molecule is CC(Oc1ccc([N+](=O)[O-])cc1)C(=O)Nc1ccccc1C(=O)N(C)Cc1ccccc1. The first kappa shape index (κ1) is 22.5. The molecule has 8 heteroatoms. The van der Waals surface area contributed by atoms with Crippen molar-refractivity contribution in [3.8, 4) is 5.75 Å². The molecule has 0 spiro atoms.